The molecular weight excluding hydrogens is 244 g/mol. The van der Waals surface area contributed by atoms with Crippen LogP contribution in [0.5, 0.6) is 0 Å². The maximum absolute atomic E-state index is 6.17. The summed E-state index contributed by atoms with van der Waals surface area (Å²) in [6.45, 7) is 2.32. The molecule has 18 heavy (non-hydrogen) atoms. The lowest BCUT2D eigenvalue weighted by Crippen LogP contribution is -2.15. The van der Waals surface area contributed by atoms with Gasteiger partial charge < -0.3 is 5.32 Å². The van der Waals surface area contributed by atoms with Crippen molar-refractivity contribution in [2.45, 2.75) is 32.2 Å². The van der Waals surface area contributed by atoms with Gasteiger partial charge in [0.05, 0.1) is 11.2 Å². The quantitative estimate of drug-likeness (QED) is 0.861. The number of halogens is 1. The van der Waals surface area contributed by atoms with Gasteiger partial charge in [-0.3, -0.25) is 4.98 Å². The number of hydrogen-bond acceptors (Lipinski definition) is 2. The molecule has 0 saturated heterocycles. The first-order chi connectivity index (χ1) is 8.72. The summed E-state index contributed by atoms with van der Waals surface area (Å²) in [4.78, 5) is 4.46. The fourth-order valence-electron chi connectivity index (χ4n) is 2.82. The Balaban J connectivity index is 1.95. The first-order valence-corrected chi connectivity index (χ1v) is 6.91. The molecule has 1 N–H and O–H groups in total. The zero-order valence-corrected chi connectivity index (χ0v) is 11.2. The molecule has 3 rings (SSSR count). The second-order valence-corrected chi connectivity index (χ2v) is 5.72. The minimum Gasteiger partial charge on any atom is -0.380 e. The SMILES string of the molecule is CC1CCC(Nc2cc(Cl)cc3cccnc23)C1. The van der Waals surface area contributed by atoms with Crippen molar-refractivity contribution >= 4 is 28.2 Å². The zero-order valence-electron chi connectivity index (χ0n) is 10.5. The molecule has 2 aromatic rings. The minimum atomic E-state index is 0.559. The highest BCUT2D eigenvalue weighted by Crippen LogP contribution is 2.31. The molecule has 1 aliphatic carbocycles. The number of fused-ring (bicyclic) bond motifs is 1. The summed E-state index contributed by atoms with van der Waals surface area (Å²) >= 11 is 6.17. The molecule has 2 unspecified atom stereocenters. The minimum absolute atomic E-state index is 0.559. The van der Waals surface area contributed by atoms with Crippen LogP contribution in [0.25, 0.3) is 10.9 Å². The van der Waals surface area contributed by atoms with Gasteiger partial charge in [-0.2, -0.15) is 0 Å². The molecule has 1 aromatic heterocycles. The predicted molar refractivity (Wildman–Crippen MR) is 77.2 cm³/mol. The van der Waals surface area contributed by atoms with Gasteiger partial charge in [0.1, 0.15) is 0 Å². The van der Waals surface area contributed by atoms with Crippen molar-refractivity contribution in [3.63, 3.8) is 0 Å². The first kappa shape index (κ1) is 11.8. The highest BCUT2D eigenvalue weighted by atomic mass is 35.5. The number of pyridine rings is 1. The molecule has 1 heterocycles. The van der Waals surface area contributed by atoms with Gasteiger partial charge in [0.25, 0.3) is 0 Å². The second kappa shape index (κ2) is 4.77. The van der Waals surface area contributed by atoms with Crippen molar-refractivity contribution in [2.24, 2.45) is 5.92 Å². The van der Waals surface area contributed by atoms with Crippen molar-refractivity contribution in [3.8, 4) is 0 Å². The van der Waals surface area contributed by atoms with Crippen LogP contribution >= 0.6 is 11.6 Å². The van der Waals surface area contributed by atoms with Crippen molar-refractivity contribution in [3.05, 3.63) is 35.5 Å². The monoisotopic (exact) mass is 260 g/mol. The van der Waals surface area contributed by atoms with Crippen LogP contribution in [0.3, 0.4) is 0 Å². The Morgan fingerprint density at radius 2 is 2.22 bits per heavy atom. The third-order valence-corrected chi connectivity index (χ3v) is 3.94. The second-order valence-electron chi connectivity index (χ2n) is 5.29. The Kier molecular flexibility index (Phi) is 3.13. The Bertz CT molecular complexity index is 567. The van der Waals surface area contributed by atoms with Gasteiger partial charge in [-0.1, -0.05) is 24.6 Å². The molecule has 0 bridgehead atoms. The van der Waals surface area contributed by atoms with E-state index in [0.717, 1.165) is 27.5 Å². The fourth-order valence-corrected chi connectivity index (χ4v) is 3.05. The average Bonchev–Trinajstić information content (AvgIpc) is 2.74. The molecule has 0 spiro atoms. The molecular formula is C15H17ClN2. The van der Waals surface area contributed by atoms with Crippen LogP contribution in [-0.2, 0) is 0 Å². The van der Waals surface area contributed by atoms with Gasteiger partial charge in [0.2, 0.25) is 0 Å². The fraction of sp³-hybridized carbons (Fsp3) is 0.400. The van der Waals surface area contributed by atoms with E-state index in [0.29, 0.717) is 6.04 Å². The van der Waals surface area contributed by atoms with Gasteiger partial charge in [0.15, 0.2) is 0 Å². The summed E-state index contributed by atoms with van der Waals surface area (Å²) in [5.74, 6) is 0.820. The summed E-state index contributed by atoms with van der Waals surface area (Å²) in [5.41, 5.74) is 2.08. The Morgan fingerprint density at radius 1 is 1.33 bits per heavy atom. The Morgan fingerprint density at radius 3 is 3.00 bits per heavy atom. The number of benzene rings is 1. The number of hydrogen-bond donors (Lipinski definition) is 1. The van der Waals surface area contributed by atoms with E-state index in [4.69, 9.17) is 11.6 Å². The number of aromatic nitrogens is 1. The van der Waals surface area contributed by atoms with Crippen LogP contribution < -0.4 is 5.32 Å². The first-order valence-electron chi connectivity index (χ1n) is 6.53. The number of nitrogens with zero attached hydrogens (tertiary/aromatic N) is 1. The smallest absolute Gasteiger partial charge is 0.0934 e. The van der Waals surface area contributed by atoms with Gasteiger partial charge in [-0.05, 0) is 43.4 Å². The van der Waals surface area contributed by atoms with E-state index < -0.39 is 0 Å². The number of rotatable bonds is 2. The topological polar surface area (TPSA) is 24.9 Å². The summed E-state index contributed by atoms with van der Waals surface area (Å²) in [6, 6.07) is 8.51. The van der Waals surface area contributed by atoms with Crippen LogP contribution in [0.4, 0.5) is 5.69 Å². The third-order valence-electron chi connectivity index (χ3n) is 3.72. The molecule has 94 valence electrons. The Hall–Kier alpha value is -1.28. The average molecular weight is 261 g/mol. The molecule has 3 heteroatoms. The van der Waals surface area contributed by atoms with Crippen molar-refractivity contribution in [2.75, 3.05) is 5.32 Å². The molecule has 0 radical (unpaired) electrons. The molecule has 1 fully saturated rings. The van der Waals surface area contributed by atoms with E-state index in [1.807, 2.05) is 24.4 Å². The van der Waals surface area contributed by atoms with E-state index in [2.05, 4.69) is 23.3 Å². The molecule has 2 atom stereocenters. The largest absolute Gasteiger partial charge is 0.380 e. The van der Waals surface area contributed by atoms with Crippen LogP contribution in [0.2, 0.25) is 5.02 Å². The van der Waals surface area contributed by atoms with Crippen molar-refractivity contribution in [1.82, 2.24) is 4.98 Å². The molecule has 0 aliphatic heterocycles. The Labute approximate surface area is 112 Å². The standard InChI is InChI=1S/C15H17ClN2/c1-10-4-5-13(7-10)18-14-9-12(16)8-11-3-2-6-17-15(11)14/h2-3,6,8-10,13,18H,4-5,7H2,1H3. The van der Waals surface area contributed by atoms with E-state index >= 15 is 0 Å². The normalized spacial score (nSPS) is 23.4. The van der Waals surface area contributed by atoms with Crippen LogP contribution in [0.15, 0.2) is 30.5 Å². The summed E-state index contributed by atoms with van der Waals surface area (Å²) < 4.78 is 0. The summed E-state index contributed by atoms with van der Waals surface area (Å²) in [6.07, 6.45) is 5.62. The lowest BCUT2D eigenvalue weighted by atomic mass is 10.1. The van der Waals surface area contributed by atoms with Crippen LogP contribution in [0, 0.1) is 5.92 Å². The number of nitrogens with one attached hydrogen (secondary N) is 1. The van der Waals surface area contributed by atoms with Gasteiger partial charge in [-0.15, -0.1) is 0 Å². The molecule has 1 saturated carbocycles. The summed E-state index contributed by atoms with van der Waals surface area (Å²) in [7, 11) is 0. The maximum Gasteiger partial charge on any atom is 0.0934 e. The molecule has 1 aromatic carbocycles. The van der Waals surface area contributed by atoms with E-state index in [-0.39, 0.29) is 0 Å². The van der Waals surface area contributed by atoms with Crippen molar-refractivity contribution < 1.29 is 0 Å². The van der Waals surface area contributed by atoms with E-state index in [9.17, 15) is 0 Å². The third kappa shape index (κ3) is 2.30. The number of anilines is 1. The molecule has 2 nitrogen and oxygen atoms in total. The maximum atomic E-state index is 6.17. The highest BCUT2D eigenvalue weighted by molar-refractivity contribution is 6.31. The zero-order chi connectivity index (χ0) is 12.5. The van der Waals surface area contributed by atoms with Gasteiger partial charge in [-0.25, -0.2) is 0 Å². The van der Waals surface area contributed by atoms with E-state index in [1.54, 1.807) is 0 Å². The van der Waals surface area contributed by atoms with E-state index in [1.165, 1.54) is 19.3 Å². The van der Waals surface area contributed by atoms with Crippen molar-refractivity contribution in [1.29, 1.82) is 0 Å². The van der Waals surface area contributed by atoms with Gasteiger partial charge in [0, 0.05) is 22.6 Å². The predicted octanol–water partition coefficient (Wildman–Crippen LogP) is 4.49. The highest BCUT2D eigenvalue weighted by Gasteiger charge is 2.21. The molecule has 0 amide bonds. The van der Waals surface area contributed by atoms with Crippen LogP contribution in [-0.4, -0.2) is 11.0 Å². The van der Waals surface area contributed by atoms with Crippen LogP contribution in [0.1, 0.15) is 26.2 Å². The van der Waals surface area contributed by atoms with Gasteiger partial charge >= 0.3 is 0 Å². The lowest BCUT2D eigenvalue weighted by Gasteiger charge is -2.15. The lowest BCUT2D eigenvalue weighted by molar-refractivity contribution is 0.603. The molecule has 1 aliphatic rings. The summed E-state index contributed by atoms with van der Waals surface area (Å²) in [5, 5.41) is 5.47.